The summed E-state index contributed by atoms with van der Waals surface area (Å²) in [4.78, 5) is 0. The third-order valence-electron chi connectivity index (χ3n) is 1.76. The number of hydrogen-bond donors (Lipinski definition) is 5. The Bertz CT molecular complexity index is 354. The number of ether oxygens (including phenoxy) is 1. The average Bonchev–Trinajstić information content (AvgIpc) is 2.20. The maximum atomic E-state index is 9.33. The van der Waals surface area contributed by atoms with Gasteiger partial charge < -0.3 is 15.6 Å². The Morgan fingerprint density at radius 2 is 2.33 bits per heavy atom. The average molecular weight is 210 g/mol. The SMILES string of the molecule is COc1cc(CNNC(=N)N)ccc1O. The van der Waals surface area contributed by atoms with Crippen molar-refractivity contribution in [1.29, 1.82) is 5.41 Å². The van der Waals surface area contributed by atoms with Gasteiger partial charge in [-0.15, -0.1) is 0 Å². The summed E-state index contributed by atoms with van der Waals surface area (Å²) in [6.07, 6.45) is 0. The van der Waals surface area contributed by atoms with Crippen LogP contribution in [0.4, 0.5) is 0 Å². The molecule has 0 aliphatic carbocycles. The van der Waals surface area contributed by atoms with Crippen LogP contribution in [-0.2, 0) is 6.54 Å². The van der Waals surface area contributed by atoms with E-state index in [1.807, 2.05) is 0 Å². The molecule has 6 heteroatoms. The van der Waals surface area contributed by atoms with E-state index in [1.54, 1.807) is 18.2 Å². The van der Waals surface area contributed by atoms with Crippen molar-refractivity contribution in [2.45, 2.75) is 6.54 Å². The van der Waals surface area contributed by atoms with Crippen LogP contribution in [0.1, 0.15) is 5.56 Å². The van der Waals surface area contributed by atoms with Gasteiger partial charge in [0.2, 0.25) is 0 Å². The third kappa shape index (κ3) is 3.35. The van der Waals surface area contributed by atoms with Crippen molar-refractivity contribution in [3.05, 3.63) is 23.8 Å². The van der Waals surface area contributed by atoms with Crippen LogP contribution in [0, 0.1) is 5.41 Å². The fourth-order valence-corrected chi connectivity index (χ4v) is 1.07. The minimum Gasteiger partial charge on any atom is -0.504 e. The molecule has 0 amide bonds. The predicted molar refractivity (Wildman–Crippen MR) is 56.5 cm³/mol. The molecule has 1 rings (SSSR count). The van der Waals surface area contributed by atoms with E-state index in [9.17, 15) is 5.11 Å². The van der Waals surface area contributed by atoms with E-state index in [0.29, 0.717) is 12.3 Å². The summed E-state index contributed by atoms with van der Waals surface area (Å²) < 4.78 is 4.95. The van der Waals surface area contributed by atoms with E-state index in [1.165, 1.54) is 7.11 Å². The van der Waals surface area contributed by atoms with Crippen molar-refractivity contribution >= 4 is 5.96 Å². The zero-order chi connectivity index (χ0) is 11.3. The van der Waals surface area contributed by atoms with Gasteiger partial charge in [0, 0.05) is 6.54 Å². The van der Waals surface area contributed by atoms with Crippen LogP contribution in [0.2, 0.25) is 0 Å². The Kier molecular flexibility index (Phi) is 3.75. The van der Waals surface area contributed by atoms with E-state index < -0.39 is 0 Å². The number of nitrogens with two attached hydrogens (primary N) is 1. The minimum atomic E-state index is -0.152. The molecule has 15 heavy (non-hydrogen) atoms. The summed E-state index contributed by atoms with van der Waals surface area (Å²) in [6, 6.07) is 4.99. The molecule has 0 aromatic heterocycles. The molecule has 6 N–H and O–H groups in total. The first kappa shape index (κ1) is 11.1. The van der Waals surface area contributed by atoms with Gasteiger partial charge in [-0.1, -0.05) is 6.07 Å². The van der Waals surface area contributed by atoms with Crippen molar-refractivity contribution in [2.75, 3.05) is 7.11 Å². The Hall–Kier alpha value is -1.95. The van der Waals surface area contributed by atoms with Crippen molar-refractivity contribution < 1.29 is 9.84 Å². The summed E-state index contributed by atoms with van der Waals surface area (Å²) in [6.45, 7) is 0.468. The second-order valence-electron chi connectivity index (χ2n) is 2.90. The molecule has 0 radical (unpaired) electrons. The Balaban J connectivity index is 2.58. The molecule has 0 aliphatic rings. The number of guanidine groups is 1. The van der Waals surface area contributed by atoms with Crippen molar-refractivity contribution in [3.63, 3.8) is 0 Å². The van der Waals surface area contributed by atoms with Gasteiger partial charge in [-0.25, -0.2) is 5.43 Å². The van der Waals surface area contributed by atoms with Crippen LogP contribution in [0.5, 0.6) is 11.5 Å². The van der Waals surface area contributed by atoms with Gasteiger partial charge in [0.15, 0.2) is 17.5 Å². The minimum absolute atomic E-state index is 0.0979. The third-order valence-corrected chi connectivity index (χ3v) is 1.76. The highest BCUT2D eigenvalue weighted by molar-refractivity contribution is 5.73. The number of benzene rings is 1. The lowest BCUT2D eigenvalue weighted by Crippen LogP contribution is -2.41. The number of methoxy groups -OCH3 is 1. The summed E-state index contributed by atoms with van der Waals surface area (Å²) >= 11 is 0. The fourth-order valence-electron chi connectivity index (χ4n) is 1.07. The molecular formula is C9H14N4O2. The molecule has 6 nitrogen and oxygen atoms in total. The molecule has 1 aromatic rings. The van der Waals surface area contributed by atoms with Crippen LogP contribution in [-0.4, -0.2) is 18.2 Å². The fraction of sp³-hybridized carbons (Fsp3) is 0.222. The zero-order valence-electron chi connectivity index (χ0n) is 8.37. The molecular weight excluding hydrogens is 196 g/mol. The van der Waals surface area contributed by atoms with Crippen molar-refractivity contribution in [3.8, 4) is 11.5 Å². The van der Waals surface area contributed by atoms with Gasteiger partial charge in [-0.05, 0) is 17.7 Å². The molecule has 0 bridgehead atoms. The van der Waals surface area contributed by atoms with E-state index in [-0.39, 0.29) is 11.7 Å². The number of rotatable bonds is 4. The lowest BCUT2D eigenvalue weighted by Gasteiger charge is -2.08. The van der Waals surface area contributed by atoms with Gasteiger partial charge in [-0.2, -0.15) is 0 Å². The Morgan fingerprint density at radius 3 is 2.93 bits per heavy atom. The first-order valence-electron chi connectivity index (χ1n) is 4.32. The summed E-state index contributed by atoms with van der Waals surface area (Å²) in [7, 11) is 1.49. The second kappa shape index (κ2) is 5.06. The lowest BCUT2D eigenvalue weighted by molar-refractivity contribution is 0.372. The summed E-state index contributed by atoms with van der Waals surface area (Å²) in [5.74, 6) is 0.360. The van der Waals surface area contributed by atoms with E-state index in [0.717, 1.165) is 5.56 Å². The van der Waals surface area contributed by atoms with Crippen LogP contribution in [0.3, 0.4) is 0 Å². The first-order chi connectivity index (χ1) is 7.13. The molecule has 0 aliphatic heterocycles. The van der Waals surface area contributed by atoms with Crippen molar-refractivity contribution in [2.24, 2.45) is 5.73 Å². The van der Waals surface area contributed by atoms with Crippen LogP contribution >= 0.6 is 0 Å². The number of nitrogens with one attached hydrogen (secondary N) is 3. The van der Waals surface area contributed by atoms with E-state index >= 15 is 0 Å². The standard InChI is InChI=1S/C9H14N4O2/c1-15-8-4-6(2-3-7(8)14)5-12-13-9(10)11/h2-4,12,14H,5H2,1H3,(H4,10,11,13). The van der Waals surface area contributed by atoms with Crippen LogP contribution in [0.25, 0.3) is 0 Å². The maximum Gasteiger partial charge on any atom is 0.200 e. The maximum absolute atomic E-state index is 9.33. The second-order valence-corrected chi connectivity index (χ2v) is 2.90. The first-order valence-corrected chi connectivity index (χ1v) is 4.32. The highest BCUT2D eigenvalue weighted by Gasteiger charge is 2.01. The normalized spacial score (nSPS) is 9.67. The molecule has 0 spiro atoms. The van der Waals surface area contributed by atoms with Crippen molar-refractivity contribution in [1.82, 2.24) is 10.9 Å². The number of hydrogen-bond acceptors (Lipinski definition) is 4. The summed E-state index contributed by atoms with van der Waals surface area (Å²) in [5.41, 5.74) is 11.2. The van der Waals surface area contributed by atoms with E-state index in [4.69, 9.17) is 15.9 Å². The lowest BCUT2D eigenvalue weighted by atomic mass is 10.2. The smallest absolute Gasteiger partial charge is 0.200 e. The molecule has 0 heterocycles. The quantitative estimate of drug-likeness (QED) is 0.271. The monoisotopic (exact) mass is 210 g/mol. The molecule has 0 saturated heterocycles. The van der Waals surface area contributed by atoms with Gasteiger partial charge in [0.05, 0.1) is 7.11 Å². The number of phenols is 1. The molecule has 0 unspecified atom stereocenters. The van der Waals surface area contributed by atoms with E-state index in [2.05, 4.69) is 10.9 Å². The highest BCUT2D eigenvalue weighted by atomic mass is 16.5. The number of hydrazine groups is 1. The molecule has 0 saturated carbocycles. The highest BCUT2D eigenvalue weighted by Crippen LogP contribution is 2.25. The van der Waals surface area contributed by atoms with Gasteiger partial charge in [0.1, 0.15) is 0 Å². The molecule has 0 atom stereocenters. The largest absolute Gasteiger partial charge is 0.504 e. The summed E-state index contributed by atoms with van der Waals surface area (Å²) in [5, 5.41) is 16.2. The topological polar surface area (TPSA) is 103 Å². The molecule has 1 aromatic carbocycles. The van der Waals surface area contributed by atoms with Gasteiger partial charge >= 0.3 is 0 Å². The number of aromatic hydroxyl groups is 1. The predicted octanol–water partition coefficient (Wildman–Crippen LogP) is -0.112. The molecule has 0 fully saturated rings. The zero-order valence-corrected chi connectivity index (χ0v) is 8.37. The number of phenolic OH excluding ortho intramolecular Hbond substituents is 1. The molecule has 82 valence electrons. The van der Waals surface area contributed by atoms with Gasteiger partial charge in [-0.3, -0.25) is 10.8 Å². The van der Waals surface area contributed by atoms with Gasteiger partial charge in [0.25, 0.3) is 0 Å². The Labute approximate surface area is 87.5 Å². The Morgan fingerprint density at radius 1 is 1.60 bits per heavy atom. The van der Waals surface area contributed by atoms with Crippen LogP contribution < -0.4 is 21.3 Å². The van der Waals surface area contributed by atoms with Crippen LogP contribution in [0.15, 0.2) is 18.2 Å².